The summed E-state index contributed by atoms with van der Waals surface area (Å²) in [6.45, 7) is 8.10. The fraction of sp³-hybridized carbons (Fsp3) is 0.364. The van der Waals surface area contributed by atoms with Gasteiger partial charge in [-0.1, -0.05) is 26.0 Å². The van der Waals surface area contributed by atoms with E-state index in [4.69, 9.17) is 9.47 Å². The number of nitrogens with one attached hydrogen (secondary N) is 2. The summed E-state index contributed by atoms with van der Waals surface area (Å²) in [5, 5.41) is 5.64. The molecule has 0 bridgehead atoms. The number of carbonyl (C=O) groups excluding carboxylic acids is 2. The van der Waals surface area contributed by atoms with Crippen molar-refractivity contribution in [2.24, 2.45) is 5.92 Å². The predicted octanol–water partition coefficient (Wildman–Crippen LogP) is 4.18. The highest BCUT2D eigenvalue weighted by Crippen LogP contribution is 2.30. The molecule has 2 N–H and O–H groups in total. The second-order valence-electron chi connectivity index (χ2n) is 7.07. The molecule has 0 spiro atoms. The SMILES string of the molecule is COc1cc([C@H](C)NC(=O)c2cccc(NC(C)=O)c2)ccc1OCC(C)C. The van der Waals surface area contributed by atoms with E-state index in [9.17, 15) is 9.59 Å². The van der Waals surface area contributed by atoms with Crippen molar-refractivity contribution in [1.82, 2.24) is 5.32 Å². The summed E-state index contributed by atoms with van der Waals surface area (Å²) in [6, 6.07) is 12.2. The van der Waals surface area contributed by atoms with Crippen molar-refractivity contribution < 1.29 is 19.1 Å². The number of amides is 2. The standard InChI is InChI=1S/C22H28N2O4/c1-14(2)13-28-20-10-9-17(12-21(20)27-5)15(3)23-22(26)18-7-6-8-19(11-18)24-16(4)25/h6-12,14-15H,13H2,1-5H3,(H,23,26)(H,24,25)/t15-/m0/s1. The van der Waals surface area contributed by atoms with Gasteiger partial charge in [-0.05, 0) is 48.7 Å². The number of rotatable bonds is 8. The van der Waals surface area contributed by atoms with Gasteiger partial charge in [0.25, 0.3) is 5.91 Å². The number of hydrogen-bond acceptors (Lipinski definition) is 4. The topological polar surface area (TPSA) is 76.7 Å². The first-order chi connectivity index (χ1) is 13.3. The van der Waals surface area contributed by atoms with E-state index in [2.05, 4.69) is 24.5 Å². The maximum atomic E-state index is 12.6. The zero-order chi connectivity index (χ0) is 20.7. The Morgan fingerprint density at radius 2 is 1.79 bits per heavy atom. The van der Waals surface area contributed by atoms with Gasteiger partial charge in [-0.2, -0.15) is 0 Å². The fourth-order valence-electron chi connectivity index (χ4n) is 2.63. The summed E-state index contributed by atoms with van der Waals surface area (Å²) < 4.78 is 11.2. The number of methoxy groups -OCH3 is 1. The Balaban J connectivity index is 2.10. The van der Waals surface area contributed by atoms with E-state index in [-0.39, 0.29) is 17.9 Å². The lowest BCUT2D eigenvalue weighted by Gasteiger charge is -2.18. The Labute approximate surface area is 166 Å². The first kappa shape index (κ1) is 21.3. The molecule has 2 rings (SSSR count). The highest BCUT2D eigenvalue weighted by Gasteiger charge is 2.15. The Kier molecular flexibility index (Phi) is 7.44. The lowest BCUT2D eigenvalue weighted by Crippen LogP contribution is -2.26. The second-order valence-corrected chi connectivity index (χ2v) is 7.07. The molecule has 2 aromatic rings. The van der Waals surface area contributed by atoms with Gasteiger partial charge in [0.05, 0.1) is 19.8 Å². The molecule has 0 radical (unpaired) electrons. The number of benzene rings is 2. The Bertz CT molecular complexity index is 833. The number of ether oxygens (including phenoxy) is 2. The van der Waals surface area contributed by atoms with Crippen molar-refractivity contribution in [1.29, 1.82) is 0 Å². The lowest BCUT2D eigenvalue weighted by atomic mass is 10.1. The van der Waals surface area contributed by atoms with E-state index in [0.29, 0.717) is 35.3 Å². The summed E-state index contributed by atoms with van der Waals surface area (Å²) in [5.41, 5.74) is 1.96. The first-order valence-electron chi connectivity index (χ1n) is 9.29. The van der Waals surface area contributed by atoms with Gasteiger partial charge in [-0.25, -0.2) is 0 Å². The Hall–Kier alpha value is -3.02. The van der Waals surface area contributed by atoms with E-state index >= 15 is 0 Å². The van der Waals surface area contributed by atoms with Crippen LogP contribution >= 0.6 is 0 Å². The van der Waals surface area contributed by atoms with Crippen molar-refractivity contribution >= 4 is 17.5 Å². The normalized spacial score (nSPS) is 11.6. The van der Waals surface area contributed by atoms with Gasteiger partial charge in [-0.15, -0.1) is 0 Å². The molecule has 2 aromatic carbocycles. The third kappa shape index (κ3) is 6.01. The monoisotopic (exact) mass is 384 g/mol. The van der Waals surface area contributed by atoms with Gasteiger partial charge < -0.3 is 20.1 Å². The molecule has 0 saturated carbocycles. The molecule has 150 valence electrons. The van der Waals surface area contributed by atoms with E-state index in [1.165, 1.54) is 6.92 Å². The van der Waals surface area contributed by atoms with E-state index in [1.807, 2.05) is 25.1 Å². The van der Waals surface area contributed by atoms with E-state index in [0.717, 1.165) is 5.56 Å². The summed E-state index contributed by atoms with van der Waals surface area (Å²) in [5.74, 6) is 1.32. The zero-order valence-corrected chi connectivity index (χ0v) is 17.0. The predicted molar refractivity (Wildman–Crippen MR) is 110 cm³/mol. The molecule has 1 atom stereocenters. The molecule has 0 aliphatic rings. The molecular formula is C22H28N2O4. The van der Waals surface area contributed by atoms with Crippen LogP contribution in [0.5, 0.6) is 11.5 Å². The molecule has 0 aromatic heterocycles. The number of anilines is 1. The zero-order valence-electron chi connectivity index (χ0n) is 17.0. The minimum absolute atomic E-state index is 0.183. The molecule has 0 unspecified atom stereocenters. The van der Waals surface area contributed by atoms with Gasteiger partial charge in [0.1, 0.15) is 0 Å². The number of hydrogen-bond donors (Lipinski definition) is 2. The summed E-state index contributed by atoms with van der Waals surface area (Å²) in [4.78, 5) is 23.8. The van der Waals surface area contributed by atoms with Gasteiger partial charge in [-0.3, -0.25) is 9.59 Å². The first-order valence-corrected chi connectivity index (χ1v) is 9.29. The summed E-state index contributed by atoms with van der Waals surface area (Å²) >= 11 is 0. The highest BCUT2D eigenvalue weighted by molar-refractivity contribution is 5.97. The van der Waals surface area contributed by atoms with Gasteiger partial charge in [0, 0.05) is 18.2 Å². The molecular weight excluding hydrogens is 356 g/mol. The summed E-state index contributed by atoms with van der Waals surface area (Å²) in [6.07, 6.45) is 0. The summed E-state index contributed by atoms with van der Waals surface area (Å²) in [7, 11) is 1.60. The molecule has 28 heavy (non-hydrogen) atoms. The quantitative estimate of drug-likeness (QED) is 0.716. The van der Waals surface area contributed by atoms with Gasteiger partial charge in [0.15, 0.2) is 11.5 Å². The van der Waals surface area contributed by atoms with Crippen LogP contribution in [0.1, 0.15) is 49.7 Å². The Morgan fingerprint density at radius 3 is 2.43 bits per heavy atom. The van der Waals surface area contributed by atoms with E-state index < -0.39 is 0 Å². The third-order valence-electron chi connectivity index (χ3n) is 4.05. The van der Waals surface area contributed by atoms with Crippen LogP contribution < -0.4 is 20.1 Å². The molecule has 0 aliphatic carbocycles. The van der Waals surface area contributed by atoms with Crippen molar-refractivity contribution in [2.45, 2.75) is 33.7 Å². The largest absolute Gasteiger partial charge is 0.493 e. The van der Waals surface area contributed by atoms with Crippen molar-refractivity contribution in [3.8, 4) is 11.5 Å². The van der Waals surface area contributed by atoms with Crippen LogP contribution in [0.15, 0.2) is 42.5 Å². The maximum absolute atomic E-state index is 12.6. The average molecular weight is 384 g/mol. The third-order valence-corrected chi connectivity index (χ3v) is 4.05. The van der Waals surface area contributed by atoms with Crippen molar-refractivity contribution in [3.05, 3.63) is 53.6 Å². The van der Waals surface area contributed by atoms with Crippen LogP contribution in [-0.4, -0.2) is 25.5 Å². The van der Waals surface area contributed by atoms with Crippen LogP contribution in [0.2, 0.25) is 0 Å². The molecule has 0 heterocycles. The second kappa shape index (κ2) is 9.78. The van der Waals surface area contributed by atoms with Crippen LogP contribution in [0.4, 0.5) is 5.69 Å². The molecule has 2 amide bonds. The molecule has 0 aliphatic heterocycles. The fourth-order valence-corrected chi connectivity index (χ4v) is 2.63. The Morgan fingerprint density at radius 1 is 1.04 bits per heavy atom. The van der Waals surface area contributed by atoms with Crippen LogP contribution in [0, 0.1) is 5.92 Å². The number of carbonyl (C=O) groups is 2. The van der Waals surface area contributed by atoms with Gasteiger partial charge >= 0.3 is 0 Å². The van der Waals surface area contributed by atoms with Crippen LogP contribution in [0.3, 0.4) is 0 Å². The average Bonchev–Trinajstić information content (AvgIpc) is 2.65. The lowest BCUT2D eigenvalue weighted by molar-refractivity contribution is -0.114. The van der Waals surface area contributed by atoms with Crippen LogP contribution in [0.25, 0.3) is 0 Å². The molecule has 0 fully saturated rings. The van der Waals surface area contributed by atoms with E-state index in [1.54, 1.807) is 31.4 Å². The maximum Gasteiger partial charge on any atom is 0.251 e. The van der Waals surface area contributed by atoms with Crippen molar-refractivity contribution in [3.63, 3.8) is 0 Å². The molecule has 0 saturated heterocycles. The van der Waals surface area contributed by atoms with Crippen LogP contribution in [-0.2, 0) is 4.79 Å². The van der Waals surface area contributed by atoms with Gasteiger partial charge in [0.2, 0.25) is 5.91 Å². The smallest absolute Gasteiger partial charge is 0.251 e. The van der Waals surface area contributed by atoms with Crippen molar-refractivity contribution in [2.75, 3.05) is 19.0 Å². The minimum Gasteiger partial charge on any atom is -0.493 e. The molecule has 6 nitrogen and oxygen atoms in total. The minimum atomic E-state index is -0.232. The molecule has 6 heteroatoms. The highest BCUT2D eigenvalue weighted by atomic mass is 16.5.